The summed E-state index contributed by atoms with van der Waals surface area (Å²) in [6.07, 6.45) is 3.89. The van der Waals surface area contributed by atoms with Gasteiger partial charge < -0.3 is 5.32 Å². The molecule has 0 aliphatic carbocycles. The minimum Gasteiger partial charge on any atom is -0.322 e. The number of hydrogen-bond acceptors (Lipinski definition) is 3. The van der Waals surface area contributed by atoms with Crippen molar-refractivity contribution in [1.82, 2.24) is 4.31 Å². The Morgan fingerprint density at radius 1 is 0.889 bits per heavy atom. The van der Waals surface area contributed by atoms with Gasteiger partial charge in [-0.2, -0.15) is 4.31 Å². The van der Waals surface area contributed by atoms with E-state index in [-0.39, 0.29) is 10.8 Å². The molecule has 0 atom stereocenters. The predicted molar refractivity (Wildman–Crippen MR) is 108 cm³/mol. The summed E-state index contributed by atoms with van der Waals surface area (Å²) in [6, 6.07) is 10.8. The predicted octanol–water partition coefficient (Wildman–Crippen LogP) is 4.81. The van der Waals surface area contributed by atoms with Gasteiger partial charge in [0.05, 0.1) is 4.90 Å². The van der Waals surface area contributed by atoms with Crippen LogP contribution >= 0.6 is 23.2 Å². The number of hydrogen-bond donors (Lipinski definition) is 1. The summed E-state index contributed by atoms with van der Waals surface area (Å²) in [5, 5.41) is 3.45. The molecule has 0 spiro atoms. The van der Waals surface area contributed by atoms with Crippen molar-refractivity contribution in [3.8, 4) is 0 Å². The molecule has 1 amide bonds. The van der Waals surface area contributed by atoms with Crippen molar-refractivity contribution in [1.29, 1.82) is 0 Å². The van der Waals surface area contributed by atoms with Gasteiger partial charge in [-0.3, -0.25) is 4.79 Å². The molecule has 1 N–H and O–H groups in total. The maximum Gasteiger partial charge on any atom is 0.255 e. The molecular weight excluding hydrogens is 407 g/mol. The Hall–Kier alpha value is -1.60. The molecule has 27 heavy (non-hydrogen) atoms. The van der Waals surface area contributed by atoms with E-state index in [1.165, 1.54) is 24.3 Å². The van der Waals surface area contributed by atoms with E-state index in [4.69, 9.17) is 23.2 Å². The number of nitrogens with zero attached hydrogens (tertiary/aromatic N) is 1. The van der Waals surface area contributed by atoms with E-state index in [0.717, 1.165) is 25.7 Å². The van der Waals surface area contributed by atoms with Crippen molar-refractivity contribution in [2.24, 2.45) is 0 Å². The highest BCUT2D eigenvalue weighted by molar-refractivity contribution is 7.89. The van der Waals surface area contributed by atoms with E-state index in [1.54, 1.807) is 22.5 Å². The molecule has 0 radical (unpaired) electrons. The number of benzene rings is 2. The Balaban J connectivity index is 1.73. The molecular formula is C19H20Cl2N2O3S. The van der Waals surface area contributed by atoms with Gasteiger partial charge in [0.25, 0.3) is 5.91 Å². The smallest absolute Gasteiger partial charge is 0.255 e. The van der Waals surface area contributed by atoms with Crippen LogP contribution in [-0.4, -0.2) is 31.7 Å². The Bertz CT molecular complexity index is 902. The van der Waals surface area contributed by atoms with Crippen molar-refractivity contribution in [3.05, 3.63) is 58.1 Å². The van der Waals surface area contributed by atoms with Crippen LogP contribution in [0.5, 0.6) is 0 Å². The average Bonchev–Trinajstić information content (AvgIpc) is 2.91. The van der Waals surface area contributed by atoms with E-state index in [9.17, 15) is 13.2 Å². The molecule has 1 aliphatic rings. The molecule has 144 valence electrons. The van der Waals surface area contributed by atoms with Crippen molar-refractivity contribution >= 4 is 44.8 Å². The van der Waals surface area contributed by atoms with Gasteiger partial charge >= 0.3 is 0 Å². The topological polar surface area (TPSA) is 66.5 Å². The molecule has 0 aromatic heterocycles. The monoisotopic (exact) mass is 426 g/mol. The zero-order valence-electron chi connectivity index (χ0n) is 14.6. The fraction of sp³-hybridized carbons (Fsp3) is 0.316. The van der Waals surface area contributed by atoms with Gasteiger partial charge in [0.2, 0.25) is 10.0 Å². The molecule has 1 heterocycles. The van der Waals surface area contributed by atoms with Crippen LogP contribution in [0.3, 0.4) is 0 Å². The number of halogens is 2. The van der Waals surface area contributed by atoms with Gasteiger partial charge in [-0.25, -0.2) is 8.42 Å². The Kier molecular flexibility index (Phi) is 6.42. The summed E-state index contributed by atoms with van der Waals surface area (Å²) >= 11 is 11.8. The van der Waals surface area contributed by atoms with Crippen LogP contribution in [0.4, 0.5) is 5.69 Å². The van der Waals surface area contributed by atoms with E-state index in [1.807, 2.05) is 0 Å². The molecule has 1 aliphatic heterocycles. The van der Waals surface area contributed by atoms with Crippen LogP contribution in [0.2, 0.25) is 10.0 Å². The SMILES string of the molecule is O=C(Nc1ccc(S(=O)(=O)N2CCCCCC2)cc1)c1cc(Cl)cc(Cl)c1. The minimum absolute atomic E-state index is 0.230. The summed E-state index contributed by atoms with van der Waals surface area (Å²) in [6.45, 7) is 1.10. The number of anilines is 1. The Morgan fingerprint density at radius 2 is 1.44 bits per heavy atom. The van der Waals surface area contributed by atoms with E-state index in [2.05, 4.69) is 5.32 Å². The lowest BCUT2D eigenvalue weighted by Gasteiger charge is -2.20. The first-order chi connectivity index (χ1) is 12.9. The molecule has 0 bridgehead atoms. The number of carbonyl (C=O) groups excluding carboxylic acids is 1. The quantitative estimate of drug-likeness (QED) is 0.762. The van der Waals surface area contributed by atoms with Gasteiger partial charge in [0.1, 0.15) is 0 Å². The first kappa shape index (κ1) is 20.1. The van der Waals surface area contributed by atoms with Crippen LogP contribution in [0.25, 0.3) is 0 Å². The summed E-state index contributed by atoms with van der Waals surface area (Å²) in [5.41, 5.74) is 0.819. The van der Waals surface area contributed by atoms with Gasteiger partial charge in [-0.15, -0.1) is 0 Å². The second-order valence-electron chi connectivity index (χ2n) is 6.45. The molecule has 1 saturated heterocycles. The fourth-order valence-corrected chi connectivity index (χ4v) is 5.07. The zero-order valence-corrected chi connectivity index (χ0v) is 16.9. The Morgan fingerprint density at radius 3 is 2.00 bits per heavy atom. The molecule has 5 nitrogen and oxygen atoms in total. The highest BCUT2D eigenvalue weighted by Gasteiger charge is 2.25. The maximum atomic E-state index is 12.8. The van der Waals surface area contributed by atoms with Crippen LogP contribution in [0, 0.1) is 0 Å². The zero-order chi connectivity index (χ0) is 19.4. The second kappa shape index (κ2) is 8.61. The van der Waals surface area contributed by atoms with Crippen LogP contribution < -0.4 is 5.32 Å². The maximum absolute atomic E-state index is 12.8. The third-order valence-electron chi connectivity index (χ3n) is 4.44. The fourth-order valence-electron chi connectivity index (χ4n) is 3.03. The number of sulfonamides is 1. The van der Waals surface area contributed by atoms with Crippen molar-refractivity contribution in [2.75, 3.05) is 18.4 Å². The van der Waals surface area contributed by atoms with Gasteiger partial charge in [0.15, 0.2) is 0 Å². The van der Waals surface area contributed by atoms with Crippen LogP contribution in [0.15, 0.2) is 47.4 Å². The van der Waals surface area contributed by atoms with Gasteiger partial charge in [-0.1, -0.05) is 36.0 Å². The summed E-state index contributed by atoms with van der Waals surface area (Å²) < 4.78 is 27.1. The van der Waals surface area contributed by atoms with Crippen LogP contribution in [0.1, 0.15) is 36.0 Å². The van der Waals surface area contributed by atoms with Gasteiger partial charge in [0, 0.05) is 34.4 Å². The lowest BCUT2D eigenvalue weighted by Crippen LogP contribution is -2.31. The molecule has 0 unspecified atom stereocenters. The van der Waals surface area contributed by atoms with Crippen LogP contribution in [-0.2, 0) is 10.0 Å². The third-order valence-corrected chi connectivity index (χ3v) is 6.79. The van der Waals surface area contributed by atoms with Gasteiger partial charge in [-0.05, 0) is 55.3 Å². The highest BCUT2D eigenvalue weighted by Crippen LogP contribution is 2.23. The Labute approximate surface area is 169 Å². The third kappa shape index (κ3) is 5.02. The molecule has 3 rings (SSSR count). The number of nitrogens with one attached hydrogen (secondary N) is 1. The minimum atomic E-state index is -3.51. The van der Waals surface area contributed by atoms with Crippen molar-refractivity contribution < 1.29 is 13.2 Å². The van der Waals surface area contributed by atoms with E-state index in [0.29, 0.717) is 34.4 Å². The number of carbonyl (C=O) groups is 1. The molecule has 0 saturated carbocycles. The summed E-state index contributed by atoms with van der Waals surface area (Å²) in [7, 11) is -3.51. The molecule has 8 heteroatoms. The molecule has 2 aromatic rings. The lowest BCUT2D eigenvalue weighted by molar-refractivity contribution is 0.102. The number of amides is 1. The summed E-state index contributed by atoms with van der Waals surface area (Å²) in [4.78, 5) is 12.6. The number of rotatable bonds is 4. The second-order valence-corrected chi connectivity index (χ2v) is 9.27. The van der Waals surface area contributed by atoms with E-state index >= 15 is 0 Å². The first-order valence-corrected chi connectivity index (χ1v) is 10.9. The van der Waals surface area contributed by atoms with Crippen molar-refractivity contribution in [3.63, 3.8) is 0 Å². The first-order valence-electron chi connectivity index (χ1n) is 8.74. The van der Waals surface area contributed by atoms with E-state index < -0.39 is 10.0 Å². The standard InChI is InChI=1S/C19H20Cl2N2O3S/c20-15-11-14(12-16(21)13-15)19(24)22-17-5-7-18(8-6-17)27(25,26)23-9-3-1-2-4-10-23/h5-8,11-13H,1-4,9-10H2,(H,22,24). The lowest BCUT2D eigenvalue weighted by atomic mass is 10.2. The highest BCUT2D eigenvalue weighted by atomic mass is 35.5. The van der Waals surface area contributed by atoms with Crippen molar-refractivity contribution in [2.45, 2.75) is 30.6 Å². The normalized spacial score (nSPS) is 15.9. The summed E-state index contributed by atoms with van der Waals surface area (Å²) in [5.74, 6) is -0.373. The molecule has 1 fully saturated rings. The molecule has 2 aromatic carbocycles. The largest absolute Gasteiger partial charge is 0.322 e. The average molecular weight is 427 g/mol.